The monoisotopic (exact) mass is 262 g/mol. The molecule has 106 valence electrons. The summed E-state index contributed by atoms with van der Waals surface area (Å²) in [6, 6.07) is 8.39. The van der Waals surface area contributed by atoms with Crippen LogP contribution in [0.5, 0.6) is 5.75 Å². The first-order chi connectivity index (χ1) is 9.33. The quantitative estimate of drug-likeness (QED) is 0.856. The lowest BCUT2D eigenvalue weighted by Crippen LogP contribution is -2.33. The molecule has 1 aliphatic heterocycles. The van der Waals surface area contributed by atoms with Gasteiger partial charge in [-0.1, -0.05) is 18.2 Å². The number of hydrogen-bond acceptors (Lipinski definition) is 3. The van der Waals surface area contributed by atoms with Crippen LogP contribution in [0.4, 0.5) is 0 Å². The summed E-state index contributed by atoms with van der Waals surface area (Å²) in [7, 11) is 0. The van der Waals surface area contributed by atoms with Crippen molar-refractivity contribution in [1.29, 1.82) is 0 Å². The van der Waals surface area contributed by atoms with Gasteiger partial charge in [-0.15, -0.1) is 0 Å². The number of hydrogen-bond donors (Lipinski definition) is 1. The fourth-order valence-corrected chi connectivity index (χ4v) is 2.84. The minimum atomic E-state index is 0.732. The molecular weight excluding hydrogens is 236 g/mol. The summed E-state index contributed by atoms with van der Waals surface area (Å²) >= 11 is 0. The zero-order valence-electron chi connectivity index (χ0n) is 12.0. The van der Waals surface area contributed by atoms with Crippen molar-refractivity contribution in [3.8, 4) is 5.75 Å². The highest BCUT2D eigenvalue weighted by atomic mass is 16.5. The molecule has 1 fully saturated rings. The van der Waals surface area contributed by atoms with Crippen molar-refractivity contribution in [2.75, 3.05) is 26.2 Å². The Morgan fingerprint density at radius 2 is 2.00 bits per heavy atom. The highest BCUT2D eigenvalue weighted by Crippen LogP contribution is 2.24. The molecule has 3 heteroatoms. The summed E-state index contributed by atoms with van der Waals surface area (Å²) < 4.78 is 5.70. The third kappa shape index (κ3) is 4.22. The molecule has 19 heavy (non-hydrogen) atoms. The molecule has 0 amide bonds. The maximum Gasteiger partial charge on any atom is 0.123 e. The maximum atomic E-state index is 5.70. The zero-order chi connectivity index (χ0) is 13.5. The maximum absolute atomic E-state index is 5.70. The highest BCUT2D eigenvalue weighted by molar-refractivity contribution is 5.33. The number of nitrogens with zero attached hydrogens (tertiary/aromatic N) is 1. The molecule has 1 saturated heterocycles. The van der Waals surface area contributed by atoms with Crippen molar-refractivity contribution in [2.45, 2.75) is 32.7 Å². The lowest BCUT2D eigenvalue weighted by Gasteiger charge is -2.32. The van der Waals surface area contributed by atoms with Crippen molar-refractivity contribution in [3.05, 3.63) is 29.8 Å². The fraction of sp³-hybridized carbons (Fsp3) is 0.625. The van der Waals surface area contributed by atoms with Gasteiger partial charge in [0.05, 0.1) is 6.61 Å². The zero-order valence-corrected chi connectivity index (χ0v) is 12.0. The largest absolute Gasteiger partial charge is 0.494 e. The van der Waals surface area contributed by atoms with Crippen LogP contribution in [0, 0.1) is 5.92 Å². The van der Waals surface area contributed by atoms with Crippen LogP contribution in [0.25, 0.3) is 0 Å². The molecular formula is C16H26N2O. The SMILES string of the molecule is CCOc1ccccc1CN1CCC(CCN)CC1. The Labute approximate surface area is 116 Å². The van der Waals surface area contributed by atoms with E-state index in [1.165, 1.54) is 37.9 Å². The second kappa shape index (κ2) is 7.51. The first kappa shape index (κ1) is 14.4. The van der Waals surface area contributed by atoms with E-state index in [0.717, 1.165) is 31.4 Å². The lowest BCUT2D eigenvalue weighted by molar-refractivity contribution is 0.171. The van der Waals surface area contributed by atoms with Crippen LogP contribution < -0.4 is 10.5 Å². The minimum absolute atomic E-state index is 0.732. The summed E-state index contributed by atoms with van der Waals surface area (Å²) in [5.74, 6) is 1.87. The number of benzene rings is 1. The Balaban J connectivity index is 1.88. The van der Waals surface area contributed by atoms with Crippen LogP contribution in [0.15, 0.2) is 24.3 Å². The molecule has 0 radical (unpaired) electrons. The van der Waals surface area contributed by atoms with Gasteiger partial charge >= 0.3 is 0 Å². The summed E-state index contributed by atoms with van der Waals surface area (Å²) in [6.45, 7) is 6.98. The second-order valence-electron chi connectivity index (χ2n) is 5.34. The Hall–Kier alpha value is -1.06. The number of ether oxygens (including phenoxy) is 1. The summed E-state index contributed by atoms with van der Waals surface area (Å²) in [6.07, 6.45) is 3.76. The average molecular weight is 262 g/mol. The molecule has 1 aromatic carbocycles. The first-order valence-electron chi connectivity index (χ1n) is 7.46. The Bertz CT molecular complexity index is 373. The van der Waals surface area contributed by atoms with E-state index in [0.29, 0.717) is 0 Å². The molecule has 0 aromatic heterocycles. The molecule has 1 aromatic rings. The topological polar surface area (TPSA) is 38.5 Å². The van der Waals surface area contributed by atoms with Crippen LogP contribution in [0.2, 0.25) is 0 Å². The Morgan fingerprint density at radius 3 is 2.68 bits per heavy atom. The number of piperidine rings is 1. The number of nitrogens with two attached hydrogens (primary N) is 1. The van der Waals surface area contributed by atoms with Gasteiger partial charge in [-0.05, 0) is 57.8 Å². The van der Waals surface area contributed by atoms with Gasteiger partial charge in [0.25, 0.3) is 0 Å². The van der Waals surface area contributed by atoms with E-state index in [1.54, 1.807) is 0 Å². The van der Waals surface area contributed by atoms with Crippen LogP contribution in [-0.2, 0) is 6.54 Å². The molecule has 1 aliphatic rings. The van der Waals surface area contributed by atoms with Crippen LogP contribution in [0.3, 0.4) is 0 Å². The fourth-order valence-electron chi connectivity index (χ4n) is 2.84. The lowest BCUT2D eigenvalue weighted by atomic mass is 9.93. The molecule has 0 aliphatic carbocycles. The van der Waals surface area contributed by atoms with Gasteiger partial charge in [0, 0.05) is 12.1 Å². The van der Waals surface area contributed by atoms with E-state index in [2.05, 4.69) is 23.1 Å². The van der Waals surface area contributed by atoms with Crippen LogP contribution in [0.1, 0.15) is 31.7 Å². The van der Waals surface area contributed by atoms with Crippen molar-refractivity contribution < 1.29 is 4.74 Å². The molecule has 0 atom stereocenters. The normalized spacial score (nSPS) is 17.6. The van der Waals surface area contributed by atoms with Crippen LogP contribution in [-0.4, -0.2) is 31.1 Å². The number of para-hydroxylation sites is 1. The molecule has 0 saturated carbocycles. The molecule has 2 rings (SSSR count). The molecule has 1 heterocycles. The average Bonchev–Trinajstić information content (AvgIpc) is 2.44. The predicted octanol–water partition coefficient (Wildman–Crippen LogP) is 2.65. The Kier molecular flexibility index (Phi) is 5.67. The van der Waals surface area contributed by atoms with E-state index in [4.69, 9.17) is 10.5 Å². The molecule has 0 unspecified atom stereocenters. The third-order valence-electron chi connectivity index (χ3n) is 3.95. The van der Waals surface area contributed by atoms with Gasteiger partial charge in [-0.25, -0.2) is 0 Å². The van der Waals surface area contributed by atoms with E-state index >= 15 is 0 Å². The minimum Gasteiger partial charge on any atom is -0.494 e. The first-order valence-corrected chi connectivity index (χ1v) is 7.46. The van der Waals surface area contributed by atoms with Gasteiger partial charge in [0.1, 0.15) is 5.75 Å². The molecule has 0 bridgehead atoms. The smallest absolute Gasteiger partial charge is 0.123 e. The van der Waals surface area contributed by atoms with Gasteiger partial charge in [0.2, 0.25) is 0 Å². The van der Waals surface area contributed by atoms with Gasteiger partial charge in [0.15, 0.2) is 0 Å². The van der Waals surface area contributed by atoms with Crippen molar-refractivity contribution in [3.63, 3.8) is 0 Å². The summed E-state index contributed by atoms with van der Waals surface area (Å²) in [5, 5.41) is 0. The third-order valence-corrected chi connectivity index (χ3v) is 3.95. The predicted molar refractivity (Wildman–Crippen MR) is 79.3 cm³/mol. The van der Waals surface area contributed by atoms with Gasteiger partial charge < -0.3 is 10.5 Å². The number of rotatable bonds is 6. The summed E-state index contributed by atoms with van der Waals surface area (Å²) in [5.41, 5.74) is 6.95. The summed E-state index contributed by atoms with van der Waals surface area (Å²) in [4.78, 5) is 2.53. The molecule has 0 spiro atoms. The second-order valence-corrected chi connectivity index (χ2v) is 5.34. The van der Waals surface area contributed by atoms with E-state index in [1.807, 2.05) is 13.0 Å². The number of likely N-dealkylation sites (tertiary alicyclic amines) is 1. The standard InChI is InChI=1S/C16H26N2O/c1-2-19-16-6-4-3-5-15(16)13-18-11-8-14(7-10-17)9-12-18/h3-6,14H,2,7-13,17H2,1H3. The van der Waals surface area contributed by atoms with E-state index in [9.17, 15) is 0 Å². The van der Waals surface area contributed by atoms with Gasteiger partial charge in [-0.3, -0.25) is 4.90 Å². The van der Waals surface area contributed by atoms with Crippen LogP contribution >= 0.6 is 0 Å². The molecule has 2 N–H and O–H groups in total. The van der Waals surface area contributed by atoms with Crippen molar-refractivity contribution in [1.82, 2.24) is 4.90 Å². The van der Waals surface area contributed by atoms with E-state index < -0.39 is 0 Å². The van der Waals surface area contributed by atoms with Crippen molar-refractivity contribution >= 4 is 0 Å². The van der Waals surface area contributed by atoms with E-state index in [-0.39, 0.29) is 0 Å². The Morgan fingerprint density at radius 1 is 1.26 bits per heavy atom. The molecule has 3 nitrogen and oxygen atoms in total. The van der Waals surface area contributed by atoms with Crippen molar-refractivity contribution in [2.24, 2.45) is 11.7 Å². The highest BCUT2D eigenvalue weighted by Gasteiger charge is 2.19. The van der Waals surface area contributed by atoms with Gasteiger partial charge in [-0.2, -0.15) is 0 Å².